The van der Waals surface area contributed by atoms with Crippen molar-refractivity contribution in [2.45, 2.75) is 24.1 Å². The number of carbonyl (C=O) groups is 1. The van der Waals surface area contributed by atoms with Crippen LogP contribution in [0.2, 0.25) is 0 Å². The van der Waals surface area contributed by atoms with E-state index in [0.29, 0.717) is 10.7 Å². The first-order chi connectivity index (χ1) is 7.27. The van der Waals surface area contributed by atoms with E-state index in [2.05, 4.69) is 21.2 Å². The number of hydrogen-bond donors (Lipinski definition) is 1. The molecule has 0 radical (unpaired) electrons. The molecule has 0 spiro atoms. The third-order valence-electron chi connectivity index (χ3n) is 2.84. The summed E-state index contributed by atoms with van der Waals surface area (Å²) in [5, 5.41) is 4.93. The van der Waals surface area contributed by atoms with Crippen LogP contribution in [-0.2, 0) is 0 Å². The van der Waals surface area contributed by atoms with Crippen molar-refractivity contribution < 1.29 is 4.79 Å². The van der Waals surface area contributed by atoms with Crippen molar-refractivity contribution in [1.82, 2.24) is 5.32 Å². The van der Waals surface area contributed by atoms with Crippen molar-refractivity contribution in [3.05, 3.63) is 22.4 Å². The number of rotatable bonds is 3. The minimum absolute atomic E-state index is 0.0663. The highest BCUT2D eigenvalue weighted by atomic mass is 79.9. The lowest BCUT2D eigenvalue weighted by atomic mass is 10.1. The Morgan fingerprint density at radius 3 is 3.07 bits per heavy atom. The van der Waals surface area contributed by atoms with E-state index in [-0.39, 0.29) is 5.91 Å². The zero-order chi connectivity index (χ0) is 10.7. The van der Waals surface area contributed by atoms with Gasteiger partial charge in [0.1, 0.15) is 0 Å². The normalized spacial score (nSPS) is 25.4. The first-order valence-electron chi connectivity index (χ1n) is 5.23. The van der Waals surface area contributed by atoms with E-state index >= 15 is 0 Å². The number of thiophene rings is 1. The quantitative estimate of drug-likeness (QED) is 0.851. The van der Waals surface area contributed by atoms with Crippen LogP contribution in [0.5, 0.6) is 0 Å². The highest BCUT2D eigenvalue weighted by Crippen LogP contribution is 2.30. The fourth-order valence-electron chi connectivity index (χ4n) is 1.94. The van der Waals surface area contributed by atoms with Gasteiger partial charge in [0.15, 0.2) is 0 Å². The lowest BCUT2D eigenvalue weighted by molar-refractivity contribution is 0.0952. The van der Waals surface area contributed by atoms with Gasteiger partial charge in [-0.3, -0.25) is 4.79 Å². The van der Waals surface area contributed by atoms with Crippen LogP contribution in [0.1, 0.15) is 28.9 Å². The highest BCUT2D eigenvalue weighted by Gasteiger charge is 2.25. The molecule has 1 amide bonds. The molecular formula is C11H14BrNOS. The molecule has 1 aromatic heterocycles. The standard InChI is InChI=1S/C11H14BrNOS/c12-9-4-1-3-8(9)7-13-11(14)10-5-2-6-15-10/h2,5-6,8-9H,1,3-4,7H2,(H,13,14). The predicted octanol–water partition coefficient (Wildman–Crippen LogP) is 3.04. The molecule has 0 aliphatic heterocycles. The Balaban J connectivity index is 1.81. The molecule has 1 N–H and O–H groups in total. The van der Waals surface area contributed by atoms with Gasteiger partial charge in [-0.25, -0.2) is 0 Å². The smallest absolute Gasteiger partial charge is 0.261 e. The van der Waals surface area contributed by atoms with Gasteiger partial charge in [-0.2, -0.15) is 0 Å². The number of alkyl halides is 1. The van der Waals surface area contributed by atoms with Crippen molar-refractivity contribution in [3.63, 3.8) is 0 Å². The zero-order valence-electron chi connectivity index (χ0n) is 8.41. The van der Waals surface area contributed by atoms with Gasteiger partial charge in [0.05, 0.1) is 4.88 Å². The molecule has 1 aromatic rings. The summed E-state index contributed by atoms with van der Waals surface area (Å²) in [5.41, 5.74) is 0. The average Bonchev–Trinajstić information content (AvgIpc) is 2.85. The van der Waals surface area contributed by atoms with Gasteiger partial charge >= 0.3 is 0 Å². The van der Waals surface area contributed by atoms with Gasteiger partial charge in [-0.05, 0) is 30.2 Å². The van der Waals surface area contributed by atoms with E-state index in [9.17, 15) is 4.79 Å². The maximum absolute atomic E-state index is 11.7. The second-order valence-electron chi connectivity index (χ2n) is 3.89. The second-order valence-corrected chi connectivity index (χ2v) is 6.02. The van der Waals surface area contributed by atoms with Crippen LogP contribution in [0.15, 0.2) is 17.5 Å². The molecule has 1 aliphatic rings. The summed E-state index contributed by atoms with van der Waals surface area (Å²) in [6.07, 6.45) is 3.73. The molecule has 82 valence electrons. The summed E-state index contributed by atoms with van der Waals surface area (Å²) in [6.45, 7) is 0.798. The number of amides is 1. The third kappa shape index (κ3) is 2.82. The van der Waals surface area contributed by atoms with Crippen LogP contribution < -0.4 is 5.32 Å². The lowest BCUT2D eigenvalue weighted by Crippen LogP contribution is -2.30. The SMILES string of the molecule is O=C(NCC1CCCC1Br)c1cccs1. The molecule has 1 saturated carbocycles. The van der Waals surface area contributed by atoms with Crippen LogP contribution >= 0.6 is 27.3 Å². The minimum Gasteiger partial charge on any atom is -0.351 e. The molecule has 2 atom stereocenters. The highest BCUT2D eigenvalue weighted by molar-refractivity contribution is 9.09. The van der Waals surface area contributed by atoms with E-state index in [0.717, 1.165) is 11.4 Å². The van der Waals surface area contributed by atoms with Crippen molar-refractivity contribution in [1.29, 1.82) is 0 Å². The van der Waals surface area contributed by atoms with Crippen molar-refractivity contribution in [2.24, 2.45) is 5.92 Å². The first-order valence-corrected chi connectivity index (χ1v) is 7.02. The number of carbonyl (C=O) groups excluding carboxylic acids is 1. The molecule has 4 heteroatoms. The monoisotopic (exact) mass is 287 g/mol. The summed E-state index contributed by atoms with van der Waals surface area (Å²) in [6, 6.07) is 3.77. The second kappa shape index (κ2) is 5.12. The molecule has 1 fully saturated rings. The maximum Gasteiger partial charge on any atom is 0.261 e. The topological polar surface area (TPSA) is 29.1 Å². The predicted molar refractivity (Wildman–Crippen MR) is 66.7 cm³/mol. The fourth-order valence-corrected chi connectivity index (χ4v) is 3.36. The molecule has 2 rings (SSSR count). The Hall–Kier alpha value is -0.350. The van der Waals surface area contributed by atoms with Gasteiger partial charge in [-0.15, -0.1) is 11.3 Å². The summed E-state index contributed by atoms with van der Waals surface area (Å²) >= 11 is 5.15. The van der Waals surface area contributed by atoms with Gasteiger partial charge in [0.25, 0.3) is 5.91 Å². The van der Waals surface area contributed by atoms with Gasteiger partial charge in [-0.1, -0.05) is 28.4 Å². The average molecular weight is 288 g/mol. The molecular weight excluding hydrogens is 274 g/mol. The van der Waals surface area contributed by atoms with Crippen LogP contribution in [0.4, 0.5) is 0 Å². The van der Waals surface area contributed by atoms with Crippen LogP contribution in [0.3, 0.4) is 0 Å². The van der Waals surface area contributed by atoms with Crippen molar-refractivity contribution >= 4 is 33.2 Å². The summed E-state index contributed by atoms with van der Waals surface area (Å²) < 4.78 is 0. The van der Waals surface area contributed by atoms with E-state index in [1.54, 1.807) is 0 Å². The Bertz CT molecular complexity index is 325. The molecule has 0 saturated heterocycles. The zero-order valence-corrected chi connectivity index (χ0v) is 10.8. The summed E-state index contributed by atoms with van der Waals surface area (Å²) in [4.78, 5) is 13.0. The molecule has 0 aromatic carbocycles. The number of hydrogen-bond acceptors (Lipinski definition) is 2. The molecule has 0 bridgehead atoms. The Labute approximate surface area is 102 Å². The third-order valence-corrected chi connectivity index (χ3v) is 4.91. The summed E-state index contributed by atoms with van der Waals surface area (Å²) in [5.74, 6) is 0.672. The Morgan fingerprint density at radius 2 is 2.47 bits per heavy atom. The van der Waals surface area contributed by atoms with Crippen LogP contribution in [0, 0.1) is 5.92 Å². The van der Waals surface area contributed by atoms with Crippen molar-refractivity contribution in [2.75, 3.05) is 6.54 Å². The minimum atomic E-state index is 0.0663. The van der Waals surface area contributed by atoms with Crippen LogP contribution in [-0.4, -0.2) is 17.3 Å². The number of halogens is 1. The van der Waals surface area contributed by atoms with Gasteiger partial charge < -0.3 is 5.32 Å². The van der Waals surface area contributed by atoms with Gasteiger partial charge in [0.2, 0.25) is 0 Å². The van der Waals surface area contributed by atoms with E-state index in [1.807, 2.05) is 17.5 Å². The maximum atomic E-state index is 11.7. The van der Waals surface area contributed by atoms with E-state index in [4.69, 9.17) is 0 Å². The number of nitrogens with one attached hydrogen (secondary N) is 1. The van der Waals surface area contributed by atoms with E-state index < -0.39 is 0 Å². The largest absolute Gasteiger partial charge is 0.351 e. The molecule has 1 aliphatic carbocycles. The van der Waals surface area contributed by atoms with E-state index in [1.165, 1.54) is 30.6 Å². The Morgan fingerprint density at radius 1 is 1.60 bits per heavy atom. The van der Waals surface area contributed by atoms with Crippen LogP contribution in [0.25, 0.3) is 0 Å². The Kier molecular flexibility index (Phi) is 3.81. The molecule has 2 unspecified atom stereocenters. The first kappa shape index (κ1) is 11.1. The molecule has 1 heterocycles. The van der Waals surface area contributed by atoms with Crippen molar-refractivity contribution in [3.8, 4) is 0 Å². The lowest BCUT2D eigenvalue weighted by Gasteiger charge is -2.14. The fraction of sp³-hybridized carbons (Fsp3) is 0.545. The molecule has 2 nitrogen and oxygen atoms in total. The molecule has 15 heavy (non-hydrogen) atoms. The summed E-state index contributed by atoms with van der Waals surface area (Å²) in [7, 11) is 0. The van der Waals surface area contributed by atoms with Gasteiger partial charge in [0, 0.05) is 11.4 Å².